The van der Waals surface area contributed by atoms with E-state index in [4.69, 9.17) is 4.74 Å². The highest BCUT2D eigenvalue weighted by Gasteiger charge is 2.06. The number of hydrogen-bond acceptors (Lipinski definition) is 4. The summed E-state index contributed by atoms with van der Waals surface area (Å²) < 4.78 is 7.04. The van der Waals surface area contributed by atoms with Gasteiger partial charge in [-0.2, -0.15) is 9.78 Å². The van der Waals surface area contributed by atoms with Crippen LogP contribution in [0.4, 0.5) is 0 Å². The van der Waals surface area contributed by atoms with Crippen LogP contribution in [0.15, 0.2) is 58.4 Å². The summed E-state index contributed by atoms with van der Waals surface area (Å²) in [5, 5.41) is 4.88. The Kier molecular flexibility index (Phi) is 5.46. The number of aromatic nitrogens is 2. The van der Waals surface area contributed by atoms with Crippen LogP contribution >= 0.6 is 0 Å². The van der Waals surface area contributed by atoms with Crippen LogP contribution in [-0.2, 0) is 0 Å². The predicted molar refractivity (Wildman–Crippen MR) is 105 cm³/mol. The van der Waals surface area contributed by atoms with Crippen molar-refractivity contribution >= 4 is 17.1 Å². The van der Waals surface area contributed by atoms with E-state index in [1.54, 1.807) is 19.2 Å². The zero-order chi connectivity index (χ0) is 18.5. The minimum Gasteiger partial charge on any atom is -0.494 e. The van der Waals surface area contributed by atoms with Gasteiger partial charge in [-0.05, 0) is 61.2 Å². The molecule has 5 heteroatoms. The molecule has 0 amide bonds. The Morgan fingerprint density at radius 1 is 1.15 bits per heavy atom. The monoisotopic (exact) mass is 349 g/mol. The lowest BCUT2D eigenvalue weighted by Crippen LogP contribution is -2.20. The summed E-state index contributed by atoms with van der Waals surface area (Å²) in [5.41, 5.74) is 1.41. The molecule has 0 aliphatic heterocycles. The molecule has 0 aliphatic rings. The Hall–Kier alpha value is -2.95. The van der Waals surface area contributed by atoms with E-state index in [0.717, 1.165) is 17.7 Å². The summed E-state index contributed by atoms with van der Waals surface area (Å²) in [6, 6.07) is 15.0. The average Bonchev–Trinajstić information content (AvgIpc) is 2.62. The van der Waals surface area contributed by atoms with Crippen molar-refractivity contribution < 1.29 is 4.74 Å². The van der Waals surface area contributed by atoms with Crippen LogP contribution in [0.1, 0.15) is 31.7 Å². The van der Waals surface area contributed by atoms with Crippen molar-refractivity contribution in [2.24, 2.45) is 11.0 Å². The van der Waals surface area contributed by atoms with Gasteiger partial charge in [-0.25, -0.2) is 4.98 Å². The van der Waals surface area contributed by atoms with Crippen molar-refractivity contribution in [3.63, 3.8) is 0 Å². The van der Waals surface area contributed by atoms with Crippen molar-refractivity contribution in [3.05, 3.63) is 70.3 Å². The first-order valence-electron chi connectivity index (χ1n) is 8.80. The van der Waals surface area contributed by atoms with E-state index in [-0.39, 0.29) is 5.56 Å². The fraction of sp³-hybridized carbons (Fsp3) is 0.286. The van der Waals surface area contributed by atoms with Gasteiger partial charge >= 0.3 is 0 Å². The molecule has 134 valence electrons. The number of rotatable bonds is 6. The number of nitrogens with zero attached hydrogens (tertiary/aromatic N) is 3. The van der Waals surface area contributed by atoms with Gasteiger partial charge in [0.25, 0.3) is 5.56 Å². The highest BCUT2D eigenvalue weighted by atomic mass is 16.5. The molecule has 26 heavy (non-hydrogen) atoms. The Bertz CT molecular complexity index is 973. The molecule has 0 bridgehead atoms. The van der Waals surface area contributed by atoms with Gasteiger partial charge in [0, 0.05) is 0 Å². The summed E-state index contributed by atoms with van der Waals surface area (Å²) >= 11 is 0. The lowest BCUT2D eigenvalue weighted by molar-refractivity contribution is 0.289. The molecule has 0 atom stereocenters. The molecule has 0 N–H and O–H groups in total. The quantitative estimate of drug-likeness (QED) is 0.632. The molecule has 0 unspecified atom stereocenters. The smallest absolute Gasteiger partial charge is 0.282 e. The van der Waals surface area contributed by atoms with Gasteiger partial charge in [0.15, 0.2) is 0 Å². The third kappa shape index (κ3) is 4.17. The zero-order valence-corrected chi connectivity index (χ0v) is 15.3. The number of aryl methyl sites for hydroxylation is 1. The van der Waals surface area contributed by atoms with Gasteiger partial charge in [0.1, 0.15) is 11.6 Å². The molecule has 0 saturated carbocycles. The Labute approximate surface area is 153 Å². The molecule has 0 aliphatic carbocycles. The molecule has 1 heterocycles. The molecule has 2 aromatic carbocycles. The summed E-state index contributed by atoms with van der Waals surface area (Å²) in [5.74, 6) is 2.01. The lowest BCUT2D eigenvalue weighted by Gasteiger charge is -2.08. The second kappa shape index (κ2) is 7.95. The Balaban J connectivity index is 1.78. The fourth-order valence-corrected chi connectivity index (χ4v) is 2.56. The SMILES string of the molecule is Cc1nc2ccccc2c(=O)n1N=Cc1ccc(OCCC(C)C)cc1. The fourth-order valence-electron chi connectivity index (χ4n) is 2.56. The van der Waals surface area contributed by atoms with Gasteiger partial charge in [0.2, 0.25) is 0 Å². The maximum Gasteiger partial charge on any atom is 0.282 e. The Morgan fingerprint density at radius 2 is 1.88 bits per heavy atom. The first-order valence-corrected chi connectivity index (χ1v) is 8.80. The summed E-state index contributed by atoms with van der Waals surface area (Å²) in [6.45, 7) is 6.84. The van der Waals surface area contributed by atoms with Gasteiger partial charge in [-0.3, -0.25) is 4.79 Å². The molecule has 3 aromatic rings. The maximum atomic E-state index is 12.6. The van der Waals surface area contributed by atoms with Crippen LogP contribution in [0.25, 0.3) is 10.9 Å². The Morgan fingerprint density at radius 3 is 2.62 bits per heavy atom. The maximum absolute atomic E-state index is 12.6. The number of benzene rings is 2. The van der Waals surface area contributed by atoms with Crippen LogP contribution in [0.2, 0.25) is 0 Å². The highest BCUT2D eigenvalue weighted by Crippen LogP contribution is 2.13. The van der Waals surface area contributed by atoms with E-state index in [1.807, 2.05) is 42.5 Å². The van der Waals surface area contributed by atoms with Crippen LogP contribution in [0, 0.1) is 12.8 Å². The molecular formula is C21H23N3O2. The van der Waals surface area contributed by atoms with Crippen LogP contribution in [0.5, 0.6) is 5.75 Å². The average molecular weight is 349 g/mol. The van der Waals surface area contributed by atoms with Crippen LogP contribution in [-0.4, -0.2) is 22.5 Å². The number of para-hydroxylation sites is 1. The summed E-state index contributed by atoms with van der Waals surface area (Å²) in [4.78, 5) is 17.0. The third-order valence-electron chi connectivity index (χ3n) is 4.08. The van der Waals surface area contributed by atoms with Crippen LogP contribution in [0.3, 0.4) is 0 Å². The third-order valence-corrected chi connectivity index (χ3v) is 4.08. The van der Waals surface area contributed by atoms with Crippen molar-refractivity contribution in [2.45, 2.75) is 27.2 Å². The van der Waals surface area contributed by atoms with Crippen molar-refractivity contribution in [2.75, 3.05) is 6.61 Å². The molecule has 0 spiro atoms. The van der Waals surface area contributed by atoms with Gasteiger partial charge in [-0.15, -0.1) is 0 Å². The standard InChI is InChI=1S/C21H23N3O2/c1-15(2)12-13-26-18-10-8-17(9-11-18)14-22-24-16(3)23-20-7-5-4-6-19(20)21(24)25/h4-11,14-15H,12-13H2,1-3H3. The van der Waals surface area contributed by atoms with E-state index in [2.05, 4.69) is 23.9 Å². The predicted octanol–water partition coefficient (Wildman–Crippen LogP) is 4.01. The second-order valence-electron chi connectivity index (χ2n) is 6.64. The van der Waals surface area contributed by atoms with Gasteiger partial charge in [-0.1, -0.05) is 26.0 Å². The number of ether oxygens (including phenoxy) is 1. The van der Waals surface area contributed by atoms with E-state index in [0.29, 0.717) is 29.3 Å². The molecule has 3 rings (SSSR count). The lowest BCUT2D eigenvalue weighted by atomic mass is 10.1. The van der Waals surface area contributed by atoms with Crippen molar-refractivity contribution in [3.8, 4) is 5.75 Å². The normalized spacial score (nSPS) is 11.5. The minimum atomic E-state index is -0.169. The highest BCUT2D eigenvalue weighted by molar-refractivity contribution is 5.80. The number of hydrogen-bond donors (Lipinski definition) is 0. The van der Waals surface area contributed by atoms with Crippen molar-refractivity contribution in [1.82, 2.24) is 9.66 Å². The molecule has 5 nitrogen and oxygen atoms in total. The van der Waals surface area contributed by atoms with Crippen LogP contribution < -0.4 is 10.3 Å². The molecular weight excluding hydrogens is 326 g/mol. The molecule has 0 radical (unpaired) electrons. The van der Waals surface area contributed by atoms with E-state index in [9.17, 15) is 4.79 Å². The summed E-state index contributed by atoms with van der Waals surface area (Å²) in [7, 11) is 0. The topological polar surface area (TPSA) is 56.5 Å². The molecule has 0 saturated heterocycles. The second-order valence-corrected chi connectivity index (χ2v) is 6.64. The first-order chi connectivity index (χ1) is 12.5. The first kappa shape index (κ1) is 17.9. The van der Waals surface area contributed by atoms with Gasteiger partial charge < -0.3 is 4.74 Å². The van der Waals surface area contributed by atoms with Crippen molar-refractivity contribution in [1.29, 1.82) is 0 Å². The molecule has 1 aromatic heterocycles. The van der Waals surface area contributed by atoms with E-state index in [1.165, 1.54) is 4.68 Å². The molecule has 0 fully saturated rings. The van der Waals surface area contributed by atoms with Gasteiger partial charge in [0.05, 0.1) is 23.7 Å². The largest absolute Gasteiger partial charge is 0.494 e. The number of fused-ring (bicyclic) bond motifs is 1. The zero-order valence-electron chi connectivity index (χ0n) is 15.3. The van der Waals surface area contributed by atoms with E-state index < -0.39 is 0 Å². The summed E-state index contributed by atoms with van der Waals surface area (Å²) in [6.07, 6.45) is 2.68. The van der Waals surface area contributed by atoms with E-state index >= 15 is 0 Å². The minimum absolute atomic E-state index is 0.169.